The second kappa shape index (κ2) is 4.79. The molecule has 0 radical (unpaired) electrons. The predicted octanol–water partition coefficient (Wildman–Crippen LogP) is 3.66. The molecule has 0 N–H and O–H groups in total. The molecule has 2 heteroatoms. The lowest BCUT2D eigenvalue weighted by molar-refractivity contribution is 0.0930. The smallest absolute Gasteiger partial charge is 0.205 e. The topological polar surface area (TPSA) is 30.2 Å². The molecule has 0 aliphatic carbocycles. The van der Waals surface area contributed by atoms with Gasteiger partial charge in [0.05, 0.1) is 12.2 Å². The maximum atomic E-state index is 12.1. The van der Waals surface area contributed by atoms with E-state index in [-0.39, 0.29) is 11.7 Å². The summed E-state index contributed by atoms with van der Waals surface area (Å²) < 4.78 is 5.15. The molecule has 2 aromatic rings. The SMILES string of the molecule is CCC(C(=O)c1ccco1)c1ccccc1. The fourth-order valence-electron chi connectivity index (χ4n) is 1.85. The first kappa shape index (κ1) is 10.7. The maximum absolute atomic E-state index is 12.1. The molecule has 0 saturated heterocycles. The van der Waals surface area contributed by atoms with Crippen LogP contribution in [0.3, 0.4) is 0 Å². The van der Waals surface area contributed by atoms with Crippen LogP contribution in [0, 0.1) is 0 Å². The molecule has 0 saturated carbocycles. The van der Waals surface area contributed by atoms with Crippen molar-refractivity contribution in [3.63, 3.8) is 0 Å². The van der Waals surface area contributed by atoms with Crippen molar-refractivity contribution in [1.29, 1.82) is 0 Å². The van der Waals surface area contributed by atoms with Crippen LogP contribution in [0.1, 0.15) is 35.4 Å². The van der Waals surface area contributed by atoms with Crippen LogP contribution in [0.5, 0.6) is 0 Å². The number of carbonyl (C=O) groups excluding carboxylic acids is 1. The molecular weight excluding hydrogens is 200 g/mol. The fraction of sp³-hybridized carbons (Fsp3) is 0.214. The molecule has 1 aromatic heterocycles. The molecular formula is C14H14O2. The van der Waals surface area contributed by atoms with E-state index >= 15 is 0 Å². The van der Waals surface area contributed by atoms with Gasteiger partial charge < -0.3 is 4.42 Å². The third kappa shape index (κ3) is 2.06. The molecule has 0 bridgehead atoms. The quantitative estimate of drug-likeness (QED) is 0.727. The first-order chi connectivity index (χ1) is 7.83. The van der Waals surface area contributed by atoms with Crippen molar-refractivity contribution in [1.82, 2.24) is 0 Å². The van der Waals surface area contributed by atoms with Crippen LogP contribution < -0.4 is 0 Å². The van der Waals surface area contributed by atoms with E-state index in [1.54, 1.807) is 12.1 Å². The zero-order valence-corrected chi connectivity index (χ0v) is 9.22. The highest BCUT2D eigenvalue weighted by molar-refractivity contribution is 5.98. The lowest BCUT2D eigenvalue weighted by atomic mass is 9.91. The second-order valence-corrected chi connectivity index (χ2v) is 3.71. The molecule has 0 spiro atoms. The van der Waals surface area contributed by atoms with Crippen LogP contribution in [0.15, 0.2) is 53.1 Å². The molecule has 0 amide bonds. The van der Waals surface area contributed by atoms with Gasteiger partial charge in [-0.05, 0) is 24.1 Å². The van der Waals surface area contributed by atoms with E-state index in [2.05, 4.69) is 0 Å². The number of Topliss-reactive ketones (excluding diaryl/α,β-unsaturated/α-hetero) is 1. The molecule has 0 aliphatic rings. The molecule has 0 fully saturated rings. The Balaban J connectivity index is 2.27. The Morgan fingerprint density at radius 1 is 1.19 bits per heavy atom. The summed E-state index contributed by atoms with van der Waals surface area (Å²) in [6.07, 6.45) is 2.31. The Kier molecular flexibility index (Phi) is 3.20. The van der Waals surface area contributed by atoms with Crippen LogP contribution in [0.2, 0.25) is 0 Å². The van der Waals surface area contributed by atoms with Crippen LogP contribution in [0.25, 0.3) is 0 Å². The number of furan rings is 1. The van der Waals surface area contributed by atoms with Gasteiger partial charge in [0.15, 0.2) is 5.76 Å². The van der Waals surface area contributed by atoms with E-state index in [1.807, 2.05) is 37.3 Å². The highest BCUT2D eigenvalue weighted by atomic mass is 16.3. The van der Waals surface area contributed by atoms with Gasteiger partial charge in [0.2, 0.25) is 5.78 Å². The monoisotopic (exact) mass is 214 g/mol. The van der Waals surface area contributed by atoms with E-state index in [0.29, 0.717) is 5.76 Å². The lowest BCUT2D eigenvalue weighted by Gasteiger charge is -2.12. The number of carbonyl (C=O) groups is 1. The van der Waals surface area contributed by atoms with Gasteiger partial charge in [0.1, 0.15) is 0 Å². The Hall–Kier alpha value is -1.83. The maximum Gasteiger partial charge on any atom is 0.205 e. The van der Waals surface area contributed by atoms with E-state index < -0.39 is 0 Å². The van der Waals surface area contributed by atoms with Crippen molar-refractivity contribution in [2.75, 3.05) is 0 Å². The second-order valence-electron chi connectivity index (χ2n) is 3.71. The van der Waals surface area contributed by atoms with Crippen LogP contribution >= 0.6 is 0 Å². The zero-order chi connectivity index (χ0) is 11.4. The summed E-state index contributed by atoms with van der Waals surface area (Å²) in [4.78, 5) is 12.1. The van der Waals surface area contributed by atoms with Crippen molar-refractivity contribution >= 4 is 5.78 Å². The van der Waals surface area contributed by atoms with Gasteiger partial charge in [-0.1, -0.05) is 37.3 Å². The third-order valence-corrected chi connectivity index (χ3v) is 2.69. The summed E-state index contributed by atoms with van der Waals surface area (Å²) in [6.45, 7) is 2.01. The predicted molar refractivity (Wildman–Crippen MR) is 62.5 cm³/mol. The zero-order valence-electron chi connectivity index (χ0n) is 9.22. The van der Waals surface area contributed by atoms with Crippen LogP contribution in [-0.4, -0.2) is 5.78 Å². The summed E-state index contributed by atoms with van der Waals surface area (Å²) in [5.41, 5.74) is 1.05. The molecule has 16 heavy (non-hydrogen) atoms. The number of hydrogen-bond donors (Lipinski definition) is 0. The van der Waals surface area contributed by atoms with Gasteiger partial charge >= 0.3 is 0 Å². The molecule has 82 valence electrons. The number of rotatable bonds is 4. The first-order valence-electron chi connectivity index (χ1n) is 5.45. The largest absolute Gasteiger partial charge is 0.461 e. The van der Waals surface area contributed by atoms with E-state index in [0.717, 1.165) is 12.0 Å². The minimum Gasteiger partial charge on any atom is -0.461 e. The molecule has 1 heterocycles. The van der Waals surface area contributed by atoms with E-state index in [4.69, 9.17) is 4.42 Å². The number of ketones is 1. The molecule has 0 aliphatic heterocycles. The van der Waals surface area contributed by atoms with E-state index in [1.165, 1.54) is 6.26 Å². The summed E-state index contributed by atoms with van der Waals surface area (Å²) >= 11 is 0. The van der Waals surface area contributed by atoms with Gasteiger partial charge in [-0.3, -0.25) is 4.79 Å². The normalized spacial score (nSPS) is 12.3. The highest BCUT2D eigenvalue weighted by Gasteiger charge is 2.21. The van der Waals surface area contributed by atoms with Crippen molar-refractivity contribution in [2.24, 2.45) is 0 Å². The minimum absolute atomic E-state index is 0.0544. The number of hydrogen-bond acceptors (Lipinski definition) is 2. The van der Waals surface area contributed by atoms with Crippen molar-refractivity contribution in [2.45, 2.75) is 19.3 Å². The van der Waals surface area contributed by atoms with Crippen molar-refractivity contribution in [3.8, 4) is 0 Å². The molecule has 1 atom stereocenters. The summed E-state index contributed by atoms with van der Waals surface area (Å²) in [7, 11) is 0. The van der Waals surface area contributed by atoms with Crippen molar-refractivity contribution in [3.05, 3.63) is 60.1 Å². The Bertz CT molecular complexity index is 443. The van der Waals surface area contributed by atoms with Gasteiger partial charge in [0.25, 0.3) is 0 Å². The van der Waals surface area contributed by atoms with Gasteiger partial charge in [0, 0.05) is 0 Å². The molecule has 2 rings (SSSR count). The standard InChI is InChI=1S/C14H14O2/c1-2-12(11-7-4-3-5-8-11)14(15)13-9-6-10-16-13/h3-10,12H,2H2,1H3. The van der Waals surface area contributed by atoms with Crippen molar-refractivity contribution < 1.29 is 9.21 Å². The fourth-order valence-corrected chi connectivity index (χ4v) is 1.85. The summed E-state index contributed by atoms with van der Waals surface area (Å²) in [5.74, 6) is 0.391. The number of benzene rings is 1. The van der Waals surface area contributed by atoms with Gasteiger partial charge in [-0.2, -0.15) is 0 Å². The molecule has 2 nitrogen and oxygen atoms in total. The van der Waals surface area contributed by atoms with Gasteiger partial charge in [-0.15, -0.1) is 0 Å². The highest BCUT2D eigenvalue weighted by Crippen LogP contribution is 2.24. The van der Waals surface area contributed by atoms with E-state index in [9.17, 15) is 4.79 Å². The average Bonchev–Trinajstić information content (AvgIpc) is 2.85. The summed E-state index contributed by atoms with van der Waals surface area (Å²) in [5, 5.41) is 0. The van der Waals surface area contributed by atoms with Gasteiger partial charge in [-0.25, -0.2) is 0 Å². The Morgan fingerprint density at radius 2 is 1.94 bits per heavy atom. The lowest BCUT2D eigenvalue weighted by Crippen LogP contribution is -2.11. The Labute approximate surface area is 94.9 Å². The Morgan fingerprint density at radius 3 is 2.50 bits per heavy atom. The first-order valence-corrected chi connectivity index (χ1v) is 5.45. The van der Waals surface area contributed by atoms with Crippen LogP contribution in [0.4, 0.5) is 0 Å². The average molecular weight is 214 g/mol. The molecule has 1 aromatic carbocycles. The molecule has 1 unspecified atom stereocenters. The third-order valence-electron chi connectivity index (χ3n) is 2.69. The summed E-state index contributed by atoms with van der Waals surface area (Å²) in [6, 6.07) is 13.3. The van der Waals surface area contributed by atoms with Crippen LogP contribution in [-0.2, 0) is 0 Å². The minimum atomic E-state index is -0.104.